The number of furan rings is 1. The summed E-state index contributed by atoms with van der Waals surface area (Å²) in [5.41, 5.74) is 1.13. The Labute approximate surface area is 114 Å². The standard InChI is InChI=1S/C14H13BrO3/c15-11-5-6-17-14(11)13(16)10-7-9-3-1-2-4-12(9)18-8-10/h1-6,10,13,16H,7-8H2. The van der Waals surface area contributed by atoms with Gasteiger partial charge in [0.05, 0.1) is 17.3 Å². The third-order valence-corrected chi connectivity index (χ3v) is 3.92. The number of ether oxygens (including phenoxy) is 1. The number of benzene rings is 1. The fraction of sp³-hybridized carbons (Fsp3) is 0.286. The molecule has 1 aromatic heterocycles. The van der Waals surface area contributed by atoms with Crippen LogP contribution in [0.1, 0.15) is 17.4 Å². The average Bonchev–Trinajstić information content (AvgIpc) is 2.83. The quantitative estimate of drug-likeness (QED) is 0.925. The van der Waals surface area contributed by atoms with E-state index in [4.69, 9.17) is 9.15 Å². The van der Waals surface area contributed by atoms with Crippen molar-refractivity contribution in [3.63, 3.8) is 0 Å². The van der Waals surface area contributed by atoms with Crippen LogP contribution in [0.5, 0.6) is 5.75 Å². The Morgan fingerprint density at radius 2 is 2.11 bits per heavy atom. The maximum absolute atomic E-state index is 10.3. The van der Waals surface area contributed by atoms with Crippen LogP contribution < -0.4 is 4.74 Å². The van der Waals surface area contributed by atoms with Gasteiger partial charge in [-0.05, 0) is 40.0 Å². The normalized spacial score (nSPS) is 20.0. The molecule has 3 rings (SSSR count). The van der Waals surface area contributed by atoms with E-state index in [1.54, 1.807) is 12.3 Å². The summed E-state index contributed by atoms with van der Waals surface area (Å²) in [5.74, 6) is 1.50. The molecule has 0 amide bonds. The average molecular weight is 309 g/mol. The second kappa shape index (κ2) is 4.78. The zero-order chi connectivity index (χ0) is 12.5. The van der Waals surface area contributed by atoms with E-state index in [1.807, 2.05) is 24.3 Å². The summed E-state index contributed by atoms with van der Waals surface area (Å²) in [5, 5.41) is 10.3. The second-order valence-electron chi connectivity index (χ2n) is 4.46. The van der Waals surface area contributed by atoms with Gasteiger partial charge in [-0.3, -0.25) is 0 Å². The Hall–Kier alpha value is -1.26. The summed E-state index contributed by atoms with van der Waals surface area (Å²) in [6, 6.07) is 9.72. The predicted molar refractivity (Wildman–Crippen MR) is 70.5 cm³/mol. The van der Waals surface area contributed by atoms with Crippen molar-refractivity contribution >= 4 is 15.9 Å². The summed E-state index contributed by atoms with van der Waals surface area (Å²) in [7, 11) is 0. The number of rotatable bonds is 2. The molecule has 2 heterocycles. The number of hydrogen-bond acceptors (Lipinski definition) is 3. The SMILES string of the molecule is OC(c1occc1Br)C1COc2ccccc2C1. The van der Waals surface area contributed by atoms with Gasteiger partial charge in [0.25, 0.3) is 0 Å². The summed E-state index contributed by atoms with van der Waals surface area (Å²) >= 11 is 3.37. The lowest BCUT2D eigenvalue weighted by molar-refractivity contribution is 0.0478. The molecule has 0 spiro atoms. The summed E-state index contributed by atoms with van der Waals surface area (Å²) in [6.07, 6.45) is 1.72. The highest BCUT2D eigenvalue weighted by atomic mass is 79.9. The Morgan fingerprint density at radius 1 is 1.28 bits per heavy atom. The monoisotopic (exact) mass is 308 g/mol. The molecule has 18 heavy (non-hydrogen) atoms. The van der Waals surface area contributed by atoms with Crippen LogP contribution in [0, 0.1) is 5.92 Å². The first kappa shape index (κ1) is 11.8. The number of aliphatic hydroxyl groups is 1. The number of para-hydroxylation sites is 1. The van der Waals surface area contributed by atoms with Gasteiger partial charge in [-0.25, -0.2) is 0 Å². The van der Waals surface area contributed by atoms with Crippen molar-refractivity contribution in [1.29, 1.82) is 0 Å². The zero-order valence-corrected chi connectivity index (χ0v) is 11.3. The molecule has 4 heteroatoms. The Morgan fingerprint density at radius 3 is 2.89 bits per heavy atom. The van der Waals surface area contributed by atoms with E-state index in [1.165, 1.54) is 0 Å². The van der Waals surface area contributed by atoms with E-state index >= 15 is 0 Å². The van der Waals surface area contributed by atoms with E-state index in [-0.39, 0.29) is 5.92 Å². The highest BCUT2D eigenvalue weighted by molar-refractivity contribution is 9.10. The van der Waals surface area contributed by atoms with Crippen molar-refractivity contribution in [1.82, 2.24) is 0 Å². The van der Waals surface area contributed by atoms with Gasteiger partial charge in [0.15, 0.2) is 0 Å². The first-order chi connectivity index (χ1) is 8.75. The Balaban J connectivity index is 1.82. The summed E-state index contributed by atoms with van der Waals surface area (Å²) in [6.45, 7) is 0.505. The molecule has 1 aliphatic heterocycles. The molecular formula is C14H13BrO3. The molecule has 1 aliphatic rings. The Bertz CT molecular complexity index is 549. The molecule has 0 aliphatic carbocycles. The van der Waals surface area contributed by atoms with Crippen molar-refractivity contribution < 1.29 is 14.3 Å². The highest BCUT2D eigenvalue weighted by Crippen LogP contribution is 2.36. The van der Waals surface area contributed by atoms with Crippen LogP contribution in [-0.4, -0.2) is 11.7 Å². The molecule has 3 nitrogen and oxygen atoms in total. The lowest BCUT2D eigenvalue weighted by Gasteiger charge is -2.28. The zero-order valence-electron chi connectivity index (χ0n) is 9.67. The molecule has 1 aromatic carbocycles. The minimum Gasteiger partial charge on any atom is -0.493 e. The van der Waals surface area contributed by atoms with E-state index in [0.717, 1.165) is 22.2 Å². The minimum absolute atomic E-state index is 0.0161. The third kappa shape index (κ3) is 2.06. The number of halogens is 1. The highest BCUT2D eigenvalue weighted by Gasteiger charge is 2.30. The van der Waals surface area contributed by atoms with Gasteiger partial charge >= 0.3 is 0 Å². The molecule has 0 fully saturated rings. The van der Waals surface area contributed by atoms with E-state index in [2.05, 4.69) is 15.9 Å². The van der Waals surface area contributed by atoms with Crippen LogP contribution in [0.4, 0.5) is 0 Å². The Kier molecular flexibility index (Phi) is 3.14. The predicted octanol–water partition coefficient (Wildman–Crippen LogP) is 3.33. The van der Waals surface area contributed by atoms with Crippen molar-refractivity contribution in [3.8, 4) is 5.75 Å². The van der Waals surface area contributed by atoms with Gasteiger partial charge in [-0.15, -0.1) is 0 Å². The molecule has 0 saturated carbocycles. The number of hydrogen-bond donors (Lipinski definition) is 1. The van der Waals surface area contributed by atoms with Crippen LogP contribution in [0.25, 0.3) is 0 Å². The van der Waals surface area contributed by atoms with Gasteiger partial charge in [0.2, 0.25) is 0 Å². The summed E-state index contributed by atoms with van der Waals surface area (Å²) in [4.78, 5) is 0. The third-order valence-electron chi connectivity index (χ3n) is 3.27. The van der Waals surface area contributed by atoms with Crippen molar-refractivity contribution in [2.24, 2.45) is 5.92 Å². The van der Waals surface area contributed by atoms with Gasteiger partial charge in [0, 0.05) is 5.92 Å². The molecule has 94 valence electrons. The van der Waals surface area contributed by atoms with Crippen LogP contribution in [-0.2, 0) is 6.42 Å². The summed E-state index contributed by atoms with van der Waals surface area (Å²) < 4.78 is 11.8. The van der Waals surface area contributed by atoms with Crippen LogP contribution in [0.3, 0.4) is 0 Å². The van der Waals surface area contributed by atoms with Gasteiger partial charge in [-0.2, -0.15) is 0 Å². The lowest BCUT2D eigenvalue weighted by Crippen LogP contribution is -2.26. The molecule has 0 radical (unpaired) electrons. The van der Waals surface area contributed by atoms with E-state index < -0.39 is 6.10 Å². The van der Waals surface area contributed by atoms with Crippen LogP contribution in [0.2, 0.25) is 0 Å². The molecule has 0 bridgehead atoms. The van der Waals surface area contributed by atoms with Gasteiger partial charge in [-0.1, -0.05) is 18.2 Å². The molecule has 2 unspecified atom stereocenters. The minimum atomic E-state index is -0.650. The number of aliphatic hydroxyl groups excluding tert-OH is 1. The fourth-order valence-corrected chi connectivity index (χ4v) is 2.72. The largest absolute Gasteiger partial charge is 0.493 e. The molecule has 2 atom stereocenters. The van der Waals surface area contributed by atoms with Crippen molar-refractivity contribution in [3.05, 3.63) is 52.4 Å². The van der Waals surface area contributed by atoms with Gasteiger partial charge < -0.3 is 14.3 Å². The van der Waals surface area contributed by atoms with E-state index in [0.29, 0.717) is 12.4 Å². The second-order valence-corrected chi connectivity index (χ2v) is 5.31. The first-order valence-corrected chi connectivity index (χ1v) is 6.66. The number of fused-ring (bicyclic) bond motifs is 1. The maximum atomic E-state index is 10.3. The topological polar surface area (TPSA) is 42.6 Å². The van der Waals surface area contributed by atoms with Gasteiger partial charge in [0.1, 0.15) is 17.6 Å². The maximum Gasteiger partial charge on any atom is 0.146 e. The van der Waals surface area contributed by atoms with E-state index in [9.17, 15) is 5.11 Å². The first-order valence-electron chi connectivity index (χ1n) is 5.87. The van der Waals surface area contributed by atoms with Crippen molar-refractivity contribution in [2.75, 3.05) is 6.61 Å². The molecular weight excluding hydrogens is 296 g/mol. The smallest absolute Gasteiger partial charge is 0.146 e. The molecule has 1 N–H and O–H groups in total. The molecule has 0 saturated heterocycles. The van der Waals surface area contributed by atoms with Crippen LogP contribution in [0.15, 0.2) is 45.5 Å². The van der Waals surface area contributed by atoms with Crippen molar-refractivity contribution in [2.45, 2.75) is 12.5 Å². The fourth-order valence-electron chi connectivity index (χ4n) is 2.28. The lowest BCUT2D eigenvalue weighted by atomic mass is 9.91. The molecule has 2 aromatic rings. The van der Waals surface area contributed by atoms with Crippen LogP contribution >= 0.6 is 15.9 Å².